The lowest BCUT2D eigenvalue weighted by atomic mass is 9.43. The zero-order chi connectivity index (χ0) is 22.8. The minimum atomic E-state index is -0.128. The molecule has 178 valence electrons. The molecular formula is C29H50OS. The molecule has 1 nitrogen and oxygen atoms in total. The van der Waals surface area contributed by atoms with Crippen molar-refractivity contribution in [3.05, 3.63) is 11.1 Å². The first-order chi connectivity index (χ1) is 14.4. The van der Waals surface area contributed by atoms with Crippen LogP contribution in [0.3, 0.4) is 0 Å². The van der Waals surface area contributed by atoms with Gasteiger partial charge in [-0.3, -0.25) is 0 Å². The molecule has 0 aromatic carbocycles. The van der Waals surface area contributed by atoms with Crippen molar-refractivity contribution >= 4 is 15.9 Å². The first-order valence-corrected chi connectivity index (χ1v) is 15.3. The Morgan fingerprint density at radius 1 is 0.968 bits per heavy atom. The fourth-order valence-electron chi connectivity index (χ4n) is 9.40. The number of hydrogen-bond donors (Lipinski definition) is 1. The first-order valence-electron chi connectivity index (χ1n) is 13.2. The van der Waals surface area contributed by atoms with E-state index in [1.54, 1.807) is 0 Å². The molecule has 4 aliphatic carbocycles. The molecule has 0 saturated heterocycles. The molecule has 0 spiro atoms. The average molecular weight is 447 g/mol. The Bertz CT molecular complexity index is 774. The van der Waals surface area contributed by atoms with Crippen molar-refractivity contribution < 1.29 is 5.11 Å². The summed E-state index contributed by atoms with van der Waals surface area (Å²) in [5, 5.41) is 13.4. The second-order valence-corrected chi connectivity index (χ2v) is 15.4. The zero-order valence-corrected chi connectivity index (χ0v) is 22.6. The van der Waals surface area contributed by atoms with Crippen molar-refractivity contribution in [2.24, 2.45) is 39.4 Å². The summed E-state index contributed by atoms with van der Waals surface area (Å²) in [6.07, 6.45) is 17.5. The smallest absolute Gasteiger partial charge is 0.0594 e. The van der Waals surface area contributed by atoms with Gasteiger partial charge in [-0.15, -0.1) is 0 Å². The summed E-state index contributed by atoms with van der Waals surface area (Å²) in [5.74, 6) is 2.36. The van der Waals surface area contributed by atoms with Gasteiger partial charge in [0.1, 0.15) is 0 Å². The molecule has 2 fully saturated rings. The molecule has 2 unspecified atom stereocenters. The van der Waals surface area contributed by atoms with Gasteiger partial charge in [0.25, 0.3) is 0 Å². The van der Waals surface area contributed by atoms with Gasteiger partial charge in [0.2, 0.25) is 0 Å². The summed E-state index contributed by atoms with van der Waals surface area (Å²) in [6, 6.07) is 0. The number of aliphatic hydroxyl groups excluding tert-OH is 1. The van der Waals surface area contributed by atoms with E-state index in [2.05, 4.69) is 59.4 Å². The lowest BCUT2D eigenvalue weighted by molar-refractivity contribution is -0.0962. The van der Waals surface area contributed by atoms with E-state index < -0.39 is 0 Å². The van der Waals surface area contributed by atoms with Gasteiger partial charge in [-0.25, -0.2) is 0 Å². The van der Waals surface area contributed by atoms with Crippen LogP contribution in [0.4, 0.5) is 0 Å². The molecule has 4 aliphatic rings. The maximum absolute atomic E-state index is 10.8. The van der Waals surface area contributed by atoms with Crippen LogP contribution in [0.5, 0.6) is 0 Å². The monoisotopic (exact) mass is 446 g/mol. The highest BCUT2D eigenvalue weighted by molar-refractivity contribution is 8.13. The summed E-state index contributed by atoms with van der Waals surface area (Å²) in [6.45, 7) is 15.2. The Morgan fingerprint density at radius 3 is 2.35 bits per heavy atom. The van der Waals surface area contributed by atoms with E-state index in [1.807, 2.05) is 11.1 Å². The normalized spacial score (nSPS) is 45.2. The van der Waals surface area contributed by atoms with Gasteiger partial charge in [-0.1, -0.05) is 58.1 Å². The molecular weight excluding hydrogens is 396 g/mol. The van der Waals surface area contributed by atoms with Crippen molar-refractivity contribution in [3.8, 4) is 0 Å². The highest BCUT2D eigenvalue weighted by Crippen LogP contribution is 2.72. The summed E-state index contributed by atoms with van der Waals surface area (Å²) >= 11 is 0. The average Bonchev–Trinajstić information content (AvgIpc) is 2.96. The highest BCUT2D eigenvalue weighted by atomic mass is 32.2. The first kappa shape index (κ1) is 24.1. The summed E-state index contributed by atoms with van der Waals surface area (Å²) < 4.78 is 0. The van der Waals surface area contributed by atoms with Crippen LogP contribution in [-0.4, -0.2) is 29.1 Å². The topological polar surface area (TPSA) is 20.2 Å². The van der Waals surface area contributed by atoms with Crippen molar-refractivity contribution in [1.29, 1.82) is 0 Å². The minimum absolute atomic E-state index is 0.0491. The number of fused-ring (bicyclic) bond motifs is 4. The van der Waals surface area contributed by atoms with Gasteiger partial charge < -0.3 is 5.11 Å². The Hall–Kier alpha value is -0.0800. The highest BCUT2D eigenvalue weighted by Gasteiger charge is 2.63. The molecule has 0 aromatic rings. The molecule has 2 heteroatoms. The van der Waals surface area contributed by atoms with Crippen molar-refractivity contribution in [3.63, 3.8) is 0 Å². The van der Waals surface area contributed by atoms with Crippen LogP contribution in [0.15, 0.2) is 11.1 Å². The summed E-state index contributed by atoms with van der Waals surface area (Å²) in [7, 11) is 0.466. The van der Waals surface area contributed by atoms with Crippen molar-refractivity contribution in [2.45, 2.75) is 112 Å². The van der Waals surface area contributed by atoms with E-state index in [0.29, 0.717) is 32.6 Å². The number of allylic oxidation sites excluding steroid dienone is 2. The molecule has 0 bridgehead atoms. The lowest BCUT2D eigenvalue weighted by Gasteiger charge is -2.62. The molecule has 4 rings (SSSR count). The third-order valence-corrected chi connectivity index (χ3v) is 12.5. The fourth-order valence-corrected chi connectivity index (χ4v) is 10.0. The van der Waals surface area contributed by atoms with Gasteiger partial charge >= 0.3 is 0 Å². The molecule has 0 amide bonds. The van der Waals surface area contributed by atoms with E-state index in [1.165, 1.54) is 57.8 Å². The van der Waals surface area contributed by atoms with Crippen molar-refractivity contribution in [1.82, 2.24) is 0 Å². The van der Waals surface area contributed by atoms with E-state index in [9.17, 15) is 5.11 Å². The summed E-state index contributed by atoms with van der Waals surface area (Å²) in [4.78, 5) is 0. The number of hydrogen-bond acceptors (Lipinski definition) is 1. The van der Waals surface area contributed by atoms with Crippen LogP contribution in [-0.2, 0) is 0 Å². The Labute approximate surface area is 195 Å². The van der Waals surface area contributed by atoms with E-state index >= 15 is 0 Å². The number of rotatable bonds is 4. The van der Waals surface area contributed by atoms with Gasteiger partial charge in [0, 0.05) is 0 Å². The lowest BCUT2D eigenvalue weighted by Crippen LogP contribution is -2.55. The molecule has 0 aromatic heterocycles. The van der Waals surface area contributed by atoms with Crippen LogP contribution in [0.25, 0.3) is 0 Å². The van der Waals surface area contributed by atoms with Crippen LogP contribution in [0, 0.1) is 39.4 Å². The molecule has 1 N–H and O–H groups in total. The molecule has 31 heavy (non-hydrogen) atoms. The Kier molecular flexibility index (Phi) is 6.21. The zero-order valence-electron chi connectivity index (χ0n) is 21.8. The third-order valence-electron chi connectivity index (χ3n) is 11.6. The Morgan fingerprint density at radius 2 is 1.68 bits per heavy atom. The fraction of sp³-hybridized carbons (Fsp3) is 0.897. The molecule has 0 radical (unpaired) electrons. The second-order valence-electron chi connectivity index (χ2n) is 13.3. The largest absolute Gasteiger partial charge is 0.393 e. The van der Waals surface area contributed by atoms with Gasteiger partial charge in [-0.05, 0) is 116 Å². The van der Waals surface area contributed by atoms with Crippen LogP contribution in [0.1, 0.15) is 106 Å². The maximum atomic E-state index is 10.8. The van der Waals surface area contributed by atoms with Gasteiger partial charge in [0.05, 0.1) is 6.10 Å². The second kappa shape index (κ2) is 8.00. The standard InChI is InChI=1S/C29H50OS/c1-20(10-9-19-31(7)8)21-13-17-29(6)23-11-12-24-26(2,3)25(30)15-16-27(24,4)22(23)14-18-28(21,29)5/h19-21,24-25,30H,9-18H2,1-8H3/t20-,21-,24?,25?,27-,28-,29+/m1/s1. The maximum Gasteiger partial charge on any atom is 0.0594 e. The number of aliphatic hydroxyl groups is 1. The van der Waals surface area contributed by atoms with E-state index in [4.69, 9.17) is 0 Å². The predicted octanol–water partition coefficient (Wildman–Crippen LogP) is 7.84. The molecule has 2 saturated carbocycles. The van der Waals surface area contributed by atoms with Crippen LogP contribution >= 0.6 is 10.5 Å². The molecule has 7 atom stereocenters. The van der Waals surface area contributed by atoms with Gasteiger partial charge in [0.15, 0.2) is 0 Å². The van der Waals surface area contributed by atoms with E-state index in [0.717, 1.165) is 18.3 Å². The molecule has 0 heterocycles. The molecule has 0 aliphatic heterocycles. The Balaban J connectivity index is 1.65. The SMILES string of the molecule is C[C@H](CCC=S(C)C)[C@H]1CC[C@@]2(C)C3=C(CC[C@]12C)[C@@]1(C)CCC(O)C(C)(C)C1CC3. The third kappa shape index (κ3) is 3.48. The van der Waals surface area contributed by atoms with Gasteiger partial charge in [-0.2, -0.15) is 10.5 Å². The summed E-state index contributed by atoms with van der Waals surface area (Å²) in [5.41, 5.74) is 4.98. The van der Waals surface area contributed by atoms with Crippen LogP contribution in [0.2, 0.25) is 0 Å². The predicted molar refractivity (Wildman–Crippen MR) is 139 cm³/mol. The van der Waals surface area contributed by atoms with E-state index in [-0.39, 0.29) is 11.5 Å². The van der Waals surface area contributed by atoms with Crippen LogP contribution < -0.4 is 0 Å². The quantitative estimate of drug-likeness (QED) is 0.344. The van der Waals surface area contributed by atoms with Crippen molar-refractivity contribution in [2.75, 3.05) is 12.5 Å². The minimum Gasteiger partial charge on any atom is -0.393 e.